The summed E-state index contributed by atoms with van der Waals surface area (Å²) in [5.41, 5.74) is 3.50. The molecule has 0 bridgehead atoms. The van der Waals surface area contributed by atoms with E-state index >= 15 is 0 Å². The van der Waals surface area contributed by atoms with E-state index in [2.05, 4.69) is 16.0 Å². The molecule has 0 spiro atoms. The number of amides is 2. The molecule has 0 aliphatic heterocycles. The fourth-order valence-electron chi connectivity index (χ4n) is 3.19. The van der Waals surface area contributed by atoms with Gasteiger partial charge in [0.15, 0.2) is 0 Å². The highest BCUT2D eigenvalue weighted by Crippen LogP contribution is 2.20. The van der Waals surface area contributed by atoms with Crippen LogP contribution in [0, 0.1) is 0 Å². The summed E-state index contributed by atoms with van der Waals surface area (Å²) in [7, 11) is 1.56. The van der Waals surface area contributed by atoms with Crippen molar-refractivity contribution in [2.24, 2.45) is 0 Å². The average Bonchev–Trinajstić information content (AvgIpc) is 2.85. The van der Waals surface area contributed by atoms with Crippen molar-refractivity contribution in [1.82, 2.24) is 5.32 Å². The van der Waals surface area contributed by atoms with Gasteiger partial charge in [-0.25, -0.2) is 0 Å². The number of unbranched alkanes of at least 4 members (excludes halogenated alkanes) is 2. The molecule has 3 rings (SSSR count). The van der Waals surface area contributed by atoms with E-state index in [0.29, 0.717) is 29.1 Å². The van der Waals surface area contributed by atoms with Crippen molar-refractivity contribution in [3.8, 4) is 5.75 Å². The van der Waals surface area contributed by atoms with Crippen molar-refractivity contribution in [3.05, 3.63) is 83.9 Å². The van der Waals surface area contributed by atoms with E-state index in [0.717, 1.165) is 30.6 Å². The zero-order valence-electron chi connectivity index (χ0n) is 18.6. The van der Waals surface area contributed by atoms with Crippen LogP contribution in [0.1, 0.15) is 40.0 Å². The molecule has 0 aliphatic rings. The Morgan fingerprint density at radius 1 is 0.788 bits per heavy atom. The van der Waals surface area contributed by atoms with Crippen LogP contribution in [0.5, 0.6) is 5.75 Å². The van der Waals surface area contributed by atoms with Crippen LogP contribution in [-0.4, -0.2) is 37.2 Å². The van der Waals surface area contributed by atoms with Gasteiger partial charge in [0.2, 0.25) is 0 Å². The van der Waals surface area contributed by atoms with Crippen LogP contribution in [0.2, 0.25) is 0 Å². The highest BCUT2D eigenvalue weighted by atomic mass is 16.5. The summed E-state index contributed by atoms with van der Waals surface area (Å²) in [6, 6.07) is 21.6. The SMILES string of the molecule is COc1cccc(C(=O)Nc2ccc(Nc3ccc(C(=O)NCCCCCO)cc3)cc2)c1. The van der Waals surface area contributed by atoms with Gasteiger partial charge in [-0.3, -0.25) is 9.59 Å². The lowest BCUT2D eigenvalue weighted by atomic mass is 10.1. The summed E-state index contributed by atoms with van der Waals surface area (Å²) in [6.45, 7) is 0.780. The number of aliphatic hydroxyl groups excluding tert-OH is 1. The zero-order chi connectivity index (χ0) is 23.5. The van der Waals surface area contributed by atoms with Crippen molar-refractivity contribution >= 4 is 28.9 Å². The first-order valence-electron chi connectivity index (χ1n) is 10.9. The lowest BCUT2D eigenvalue weighted by Gasteiger charge is -2.10. The molecule has 4 N–H and O–H groups in total. The van der Waals surface area contributed by atoms with E-state index in [1.807, 2.05) is 36.4 Å². The summed E-state index contributed by atoms with van der Waals surface area (Å²) in [5, 5.41) is 17.8. The molecule has 0 saturated heterocycles. The number of anilines is 3. The molecule has 0 fully saturated rings. The number of methoxy groups -OCH3 is 1. The molecule has 0 aliphatic carbocycles. The molecule has 0 atom stereocenters. The number of rotatable bonds is 11. The maximum Gasteiger partial charge on any atom is 0.255 e. The van der Waals surface area contributed by atoms with Crippen LogP contribution < -0.4 is 20.7 Å². The Labute approximate surface area is 193 Å². The maximum atomic E-state index is 12.4. The van der Waals surface area contributed by atoms with Crippen molar-refractivity contribution in [3.63, 3.8) is 0 Å². The van der Waals surface area contributed by atoms with E-state index in [1.165, 1.54) is 0 Å². The number of ether oxygens (including phenoxy) is 1. The number of hydrogen-bond acceptors (Lipinski definition) is 5. The van der Waals surface area contributed by atoms with Gasteiger partial charge in [0, 0.05) is 41.3 Å². The largest absolute Gasteiger partial charge is 0.497 e. The standard InChI is InChI=1S/C26H29N3O4/c1-33-24-7-5-6-20(18-24)26(32)29-23-14-12-22(13-15-23)28-21-10-8-19(9-11-21)25(31)27-16-3-2-4-17-30/h5-15,18,28,30H,2-4,16-17H2,1H3,(H,27,31)(H,29,32). The molecule has 172 valence electrons. The number of hydrogen-bond donors (Lipinski definition) is 4. The predicted molar refractivity (Wildman–Crippen MR) is 130 cm³/mol. The van der Waals surface area contributed by atoms with Gasteiger partial charge in [0.25, 0.3) is 11.8 Å². The van der Waals surface area contributed by atoms with Crippen molar-refractivity contribution in [2.45, 2.75) is 19.3 Å². The molecule has 0 unspecified atom stereocenters. The van der Waals surface area contributed by atoms with Crippen LogP contribution in [0.15, 0.2) is 72.8 Å². The second-order valence-corrected chi connectivity index (χ2v) is 7.51. The van der Waals surface area contributed by atoms with Crippen LogP contribution in [0.25, 0.3) is 0 Å². The minimum Gasteiger partial charge on any atom is -0.497 e. The Morgan fingerprint density at radius 3 is 2.12 bits per heavy atom. The van der Waals surface area contributed by atoms with Crippen LogP contribution >= 0.6 is 0 Å². The van der Waals surface area contributed by atoms with Gasteiger partial charge in [0.05, 0.1) is 7.11 Å². The number of aliphatic hydroxyl groups is 1. The van der Waals surface area contributed by atoms with E-state index in [9.17, 15) is 9.59 Å². The number of nitrogens with one attached hydrogen (secondary N) is 3. The molecular weight excluding hydrogens is 418 g/mol. The molecule has 3 aromatic carbocycles. The summed E-state index contributed by atoms with van der Waals surface area (Å²) < 4.78 is 5.16. The molecule has 7 nitrogen and oxygen atoms in total. The Hall–Kier alpha value is -3.84. The van der Waals surface area contributed by atoms with E-state index in [-0.39, 0.29) is 18.4 Å². The summed E-state index contributed by atoms with van der Waals surface area (Å²) in [4.78, 5) is 24.6. The quantitative estimate of drug-likeness (QED) is 0.322. The van der Waals surface area contributed by atoms with Gasteiger partial charge in [0.1, 0.15) is 5.75 Å². The minimum absolute atomic E-state index is 0.110. The second kappa shape index (κ2) is 12.3. The van der Waals surface area contributed by atoms with Gasteiger partial charge >= 0.3 is 0 Å². The Morgan fingerprint density at radius 2 is 1.45 bits per heavy atom. The zero-order valence-corrected chi connectivity index (χ0v) is 18.6. The fourth-order valence-corrected chi connectivity index (χ4v) is 3.19. The fraction of sp³-hybridized carbons (Fsp3) is 0.231. The molecule has 0 aromatic heterocycles. The summed E-state index contributed by atoms with van der Waals surface area (Å²) >= 11 is 0. The van der Waals surface area contributed by atoms with Crippen molar-refractivity contribution in [2.75, 3.05) is 30.9 Å². The third kappa shape index (κ3) is 7.36. The molecule has 7 heteroatoms. The highest BCUT2D eigenvalue weighted by molar-refractivity contribution is 6.04. The number of benzene rings is 3. The molecular formula is C26H29N3O4. The van der Waals surface area contributed by atoms with Gasteiger partial charge < -0.3 is 25.8 Å². The van der Waals surface area contributed by atoms with E-state index in [4.69, 9.17) is 9.84 Å². The van der Waals surface area contributed by atoms with E-state index < -0.39 is 0 Å². The van der Waals surface area contributed by atoms with E-state index in [1.54, 1.807) is 43.5 Å². The number of carbonyl (C=O) groups excluding carboxylic acids is 2. The first kappa shape index (κ1) is 23.8. The molecule has 3 aromatic rings. The molecule has 33 heavy (non-hydrogen) atoms. The molecule has 0 saturated carbocycles. The average molecular weight is 448 g/mol. The second-order valence-electron chi connectivity index (χ2n) is 7.51. The highest BCUT2D eigenvalue weighted by Gasteiger charge is 2.08. The smallest absolute Gasteiger partial charge is 0.255 e. The van der Waals surface area contributed by atoms with Crippen molar-refractivity contribution in [1.29, 1.82) is 0 Å². The Kier molecular flexibility index (Phi) is 8.85. The summed E-state index contributed by atoms with van der Waals surface area (Å²) in [6.07, 6.45) is 2.50. The third-order valence-corrected chi connectivity index (χ3v) is 5.03. The molecule has 0 radical (unpaired) electrons. The normalized spacial score (nSPS) is 10.4. The van der Waals surface area contributed by atoms with Gasteiger partial charge in [-0.15, -0.1) is 0 Å². The van der Waals surface area contributed by atoms with Crippen LogP contribution in [-0.2, 0) is 0 Å². The van der Waals surface area contributed by atoms with Gasteiger partial charge in [-0.2, -0.15) is 0 Å². The Balaban J connectivity index is 1.51. The lowest BCUT2D eigenvalue weighted by Crippen LogP contribution is -2.24. The monoisotopic (exact) mass is 447 g/mol. The maximum absolute atomic E-state index is 12.4. The minimum atomic E-state index is -0.211. The topological polar surface area (TPSA) is 99.7 Å². The van der Waals surface area contributed by atoms with Crippen molar-refractivity contribution < 1.29 is 19.4 Å². The van der Waals surface area contributed by atoms with Crippen LogP contribution in [0.4, 0.5) is 17.1 Å². The molecule has 0 heterocycles. The first-order valence-corrected chi connectivity index (χ1v) is 10.9. The van der Waals surface area contributed by atoms with Crippen LogP contribution in [0.3, 0.4) is 0 Å². The summed E-state index contributed by atoms with van der Waals surface area (Å²) in [5.74, 6) is 0.308. The van der Waals surface area contributed by atoms with Gasteiger partial charge in [-0.1, -0.05) is 6.07 Å². The first-order chi connectivity index (χ1) is 16.1. The van der Waals surface area contributed by atoms with Gasteiger partial charge in [-0.05, 0) is 86.0 Å². The predicted octanol–water partition coefficient (Wildman–Crippen LogP) is 4.58. The number of carbonyl (C=O) groups is 2. The lowest BCUT2D eigenvalue weighted by molar-refractivity contribution is 0.0952. The Bertz CT molecular complexity index is 1050. The third-order valence-electron chi connectivity index (χ3n) is 5.03. The molecule has 2 amide bonds.